The zero-order valence-electron chi connectivity index (χ0n) is 3.51. The third-order valence-electron chi connectivity index (χ3n) is 0.233. The zero-order chi connectivity index (χ0) is 6.62. The summed E-state index contributed by atoms with van der Waals surface area (Å²) in [5.74, 6) is 0. The van der Waals surface area contributed by atoms with E-state index in [4.69, 9.17) is 5.53 Å². The van der Waals surface area contributed by atoms with Crippen LogP contribution in [0.4, 0.5) is 13.2 Å². The number of rotatable bonds is 1. The van der Waals surface area contributed by atoms with Gasteiger partial charge in [0.1, 0.15) is 0 Å². The molecule has 0 aliphatic rings. The van der Waals surface area contributed by atoms with E-state index in [1.165, 1.54) is 0 Å². The van der Waals surface area contributed by atoms with E-state index in [9.17, 15) is 13.2 Å². The van der Waals surface area contributed by atoms with Crippen molar-refractivity contribution >= 4 is 17.3 Å². The van der Waals surface area contributed by atoms with Crippen molar-refractivity contribution in [2.45, 2.75) is 5.51 Å². The minimum atomic E-state index is -4.34. The van der Waals surface area contributed by atoms with Gasteiger partial charge in [-0.25, -0.2) is 0 Å². The first-order valence-corrected chi connectivity index (χ1v) is 2.34. The fourth-order valence-corrected chi connectivity index (χ4v) is 0.250. The molecular formula is C2HF3N2S. The number of nitrogens with zero attached hydrogens (tertiary/aromatic N) is 2. The molecule has 0 aliphatic carbocycles. The second-order valence-electron chi connectivity index (χ2n) is 0.784. The van der Waals surface area contributed by atoms with Crippen LogP contribution in [0.1, 0.15) is 0 Å². The molecule has 46 valence electrons. The second kappa shape index (κ2) is 2.74. The number of thioether (sulfide) groups is 1. The van der Waals surface area contributed by atoms with Crippen LogP contribution in [0.15, 0.2) is 0 Å². The van der Waals surface area contributed by atoms with Crippen molar-refractivity contribution in [1.82, 2.24) is 0 Å². The Balaban J connectivity index is 3.55. The molecule has 2 nitrogen and oxygen atoms in total. The lowest BCUT2D eigenvalue weighted by atomic mass is 11.5. The van der Waals surface area contributed by atoms with Gasteiger partial charge in [0, 0.05) is 0 Å². The van der Waals surface area contributed by atoms with Crippen LogP contribution >= 0.6 is 11.8 Å². The molecule has 0 heterocycles. The summed E-state index contributed by atoms with van der Waals surface area (Å²) in [6.07, 6.45) is 0. The molecule has 0 atom stereocenters. The van der Waals surface area contributed by atoms with E-state index in [2.05, 4.69) is 4.79 Å². The highest BCUT2D eigenvalue weighted by Gasteiger charge is 2.29. The summed E-state index contributed by atoms with van der Waals surface area (Å²) in [5, 5.41) is 0. The van der Waals surface area contributed by atoms with E-state index in [-0.39, 0.29) is 0 Å². The van der Waals surface area contributed by atoms with Gasteiger partial charge in [-0.15, -0.1) is 0 Å². The molecule has 0 aliphatic heterocycles. The number of halogens is 3. The molecule has 6 heteroatoms. The first-order valence-electron chi connectivity index (χ1n) is 1.46. The molecule has 0 radical (unpaired) electrons. The predicted molar refractivity (Wildman–Crippen MR) is 23.3 cm³/mol. The van der Waals surface area contributed by atoms with Crippen molar-refractivity contribution in [2.24, 2.45) is 0 Å². The predicted octanol–water partition coefficient (Wildman–Crippen LogP) is 1.50. The summed E-state index contributed by atoms with van der Waals surface area (Å²) in [6, 6.07) is 0. The summed E-state index contributed by atoms with van der Waals surface area (Å²) in [4.78, 5) is 2.14. The lowest BCUT2D eigenvalue weighted by Crippen LogP contribution is -1.98. The maximum atomic E-state index is 11.0. The molecule has 0 saturated heterocycles. The minimum absolute atomic E-state index is 0.306. The largest absolute Gasteiger partial charge is 0.452 e. The smallest absolute Gasteiger partial charge is 0.361 e. The van der Waals surface area contributed by atoms with Crippen LogP contribution in [-0.2, 0) is 0 Å². The van der Waals surface area contributed by atoms with Crippen LogP contribution in [0.2, 0.25) is 0 Å². The van der Waals surface area contributed by atoms with Crippen LogP contribution < -0.4 is 0 Å². The first-order chi connectivity index (χ1) is 3.56. The van der Waals surface area contributed by atoms with Gasteiger partial charge in [0.05, 0.1) is 11.8 Å². The molecule has 0 saturated carbocycles. The van der Waals surface area contributed by atoms with Crippen molar-refractivity contribution in [1.29, 1.82) is 0 Å². The number of hydrogen-bond acceptors (Lipinski definition) is 1. The quantitative estimate of drug-likeness (QED) is 0.236. The van der Waals surface area contributed by atoms with Gasteiger partial charge >= 0.3 is 11.1 Å². The van der Waals surface area contributed by atoms with Crippen molar-refractivity contribution < 1.29 is 18.0 Å². The van der Waals surface area contributed by atoms with E-state index < -0.39 is 17.3 Å². The monoisotopic (exact) mass is 142 g/mol. The molecule has 8 heavy (non-hydrogen) atoms. The molecule has 0 rings (SSSR count). The molecule has 0 N–H and O–H groups in total. The van der Waals surface area contributed by atoms with Crippen molar-refractivity contribution in [2.75, 3.05) is 0 Å². The number of alkyl halides is 3. The van der Waals surface area contributed by atoms with E-state index in [1.807, 2.05) is 0 Å². The highest BCUT2D eigenvalue weighted by Crippen LogP contribution is 2.27. The van der Waals surface area contributed by atoms with Gasteiger partial charge in [-0.05, 0) is 0 Å². The van der Waals surface area contributed by atoms with Crippen LogP contribution in [0.5, 0.6) is 0 Å². The summed E-state index contributed by atoms with van der Waals surface area (Å²) < 4.78 is 33.0. The summed E-state index contributed by atoms with van der Waals surface area (Å²) in [6.45, 7) is 0. The molecule has 0 unspecified atom stereocenters. The molecular weight excluding hydrogens is 141 g/mol. The molecule has 0 aromatic heterocycles. The Kier molecular flexibility index (Phi) is 2.57. The Morgan fingerprint density at radius 2 is 2.00 bits per heavy atom. The van der Waals surface area contributed by atoms with E-state index in [1.54, 1.807) is 0 Å². The van der Waals surface area contributed by atoms with Crippen molar-refractivity contribution in [3.8, 4) is 0 Å². The third-order valence-corrected chi connectivity index (χ3v) is 0.700. The standard InChI is InChI=1S/C2HF3N2S/c3-2(4,5)8-1-7-6/h1H. The zero-order valence-corrected chi connectivity index (χ0v) is 4.33. The highest BCUT2D eigenvalue weighted by atomic mass is 32.2. The maximum absolute atomic E-state index is 11.0. The van der Waals surface area contributed by atoms with Gasteiger partial charge in [0.25, 0.3) is 0 Å². The summed E-state index contributed by atoms with van der Waals surface area (Å²) in [5.41, 5.74) is 3.44. The summed E-state index contributed by atoms with van der Waals surface area (Å²) in [7, 11) is 0. The van der Waals surface area contributed by atoms with E-state index in [0.29, 0.717) is 5.55 Å². The Bertz CT molecular complexity index is 113. The van der Waals surface area contributed by atoms with Crippen molar-refractivity contribution in [3.05, 3.63) is 5.53 Å². The molecule has 0 aromatic carbocycles. The van der Waals surface area contributed by atoms with Crippen molar-refractivity contribution in [3.63, 3.8) is 0 Å². The Labute approximate surface area is 47.3 Å². The average molecular weight is 142 g/mol. The fourth-order valence-electron chi connectivity index (χ4n) is 0.0833. The molecule has 0 aromatic rings. The van der Waals surface area contributed by atoms with Gasteiger partial charge in [0.2, 0.25) is 0 Å². The fraction of sp³-hybridized carbons (Fsp3) is 0.500. The Morgan fingerprint density at radius 1 is 1.50 bits per heavy atom. The minimum Gasteiger partial charge on any atom is -0.361 e. The topological polar surface area (TPSA) is 36.4 Å². The normalized spacial score (nSPS) is 10.4. The van der Waals surface area contributed by atoms with E-state index in [0.717, 1.165) is 0 Å². The lowest BCUT2D eigenvalue weighted by Gasteiger charge is -1.93. The molecule has 0 amide bonds. The Hall–Kier alpha value is -0.480. The van der Waals surface area contributed by atoms with Crippen LogP contribution in [0, 0.1) is 0 Å². The third kappa shape index (κ3) is 5.52. The molecule has 0 spiro atoms. The van der Waals surface area contributed by atoms with Gasteiger partial charge in [-0.1, -0.05) is 0 Å². The highest BCUT2D eigenvalue weighted by molar-refractivity contribution is 8.12. The second-order valence-corrected chi connectivity index (χ2v) is 1.69. The maximum Gasteiger partial charge on any atom is 0.452 e. The van der Waals surface area contributed by atoms with Gasteiger partial charge in [-0.3, -0.25) is 0 Å². The average Bonchev–Trinajstić information content (AvgIpc) is 1.59. The van der Waals surface area contributed by atoms with Gasteiger partial charge in [-0.2, -0.15) is 18.0 Å². The van der Waals surface area contributed by atoms with Crippen LogP contribution in [0.25, 0.3) is 5.53 Å². The van der Waals surface area contributed by atoms with E-state index >= 15 is 0 Å². The first kappa shape index (κ1) is 7.52. The van der Waals surface area contributed by atoms with Crippen LogP contribution in [-0.4, -0.2) is 15.8 Å². The number of hydrogen-bond donors (Lipinski definition) is 0. The van der Waals surface area contributed by atoms with Gasteiger partial charge < -0.3 is 5.53 Å². The molecule has 0 fully saturated rings. The lowest BCUT2D eigenvalue weighted by molar-refractivity contribution is -0.0335. The summed E-state index contributed by atoms with van der Waals surface area (Å²) >= 11 is -0.508. The molecule has 0 bridgehead atoms. The van der Waals surface area contributed by atoms with Gasteiger partial charge in [0.15, 0.2) is 0 Å². The Morgan fingerprint density at radius 3 is 2.12 bits per heavy atom. The van der Waals surface area contributed by atoms with Crippen LogP contribution in [0.3, 0.4) is 0 Å². The SMILES string of the molecule is [N-]=[N+]=CSC(F)(F)F.